The second-order valence-electron chi connectivity index (χ2n) is 10.4. The number of hydrogen-bond donors (Lipinski definition) is 1. The monoisotopic (exact) mass is 612 g/mol. The highest BCUT2D eigenvalue weighted by Crippen LogP contribution is 2.39. The Bertz CT molecular complexity index is 1760. The van der Waals surface area contributed by atoms with Gasteiger partial charge in [0.15, 0.2) is 0 Å². The Morgan fingerprint density at radius 3 is 2.40 bits per heavy atom. The van der Waals surface area contributed by atoms with E-state index in [-0.39, 0.29) is 17.1 Å². The third kappa shape index (κ3) is 6.31. The van der Waals surface area contributed by atoms with Gasteiger partial charge in [0.25, 0.3) is 15.9 Å². The first-order valence-corrected chi connectivity index (χ1v) is 14.2. The summed E-state index contributed by atoms with van der Waals surface area (Å²) in [5, 5.41) is 12.3. The first-order valence-electron chi connectivity index (χ1n) is 12.8. The van der Waals surface area contributed by atoms with Gasteiger partial charge in [0.05, 0.1) is 34.3 Å². The number of nitrogens with zero attached hydrogens (tertiary/aromatic N) is 5. The standard InChI is InChI=1S/C29H27F3N6O4S/c1-28(2)26(39)38(22-13-12-19(16-33)24(15-22)29(30,31)32)27(40)37(28)17-20-8-5-6-11-25(20)35-21-9-7-10-23(14-21)43(41,42)34-18-36(3)4/h5-15,18,35H,17H2,1-4H3. The van der Waals surface area contributed by atoms with Gasteiger partial charge in [0.2, 0.25) is 0 Å². The molecule has 0 spiro atoms. The maximum atomic E-state index is 13.6. The topological polar surface area (TPSA) is 126 Å². The van der Waals surface area contributed by atoms with Crippen molar-refractivity contribution in [1.82, 2.24) is 9.80 Å². The lowest BCUT2D eigenvalue weighted by Crippen LogP contribution is -2.43. The van der Waals surface area contributed by atoms with Gasteiger partial charge in [0.1, 0.15) is 11.9 Å². The number of sulfonamides is 1. The van der Waals surface area contributed by atoms with E-state index in [1.807, 2.05) is 0 Å². The minimum absolute atomic E-state index is 0.0502. The van der Waals surface area contributed by atoms with Crippen molar-refractivity contribution >= 4 is 45.4 Å². The van der Waals surface area contributed by atoms with Gasteiger partial charge in [-0.2, -0.15) is 26.9 Å². The summed E-state index contributed by atoms with van der Waals surface area (Å²) >= 11 is 0. The number of carbonyl (C=O) groups is 2. The lowest BCUT2D eigenvalue weighted by atomic mass is 10.0. The molecule has 4 rings (SSSR count). The van der Waals surface area contributed by atoms with E-state index in [0.29, 0.717) is 27.9 Å². The van der Waals surface area contributed by atoms with E-state index in [0.717, 1.165) is 12.1 Å². The molecule has 0 atom stereocenters. The zero-order valence-corrected chi connectivity index (χ0v) is 24.4. The zero-order chi connectivity index (χ0) is 31.7. The highest BCUT2D eigenvalue weighted by Gasteiger charge is 2.52. The SMILES string of the molecule is CN(C)C=NS(=O)(=O)c1cccc(Nc2ccccc2CN2C(=O)N(c3ccc(C#N)c(C(F)(F)F)c3)C(=O)C2(C)C)c1. The number of alkyl halides is 3. The molecule has 224 valence electrons. The largest absolute Gasteiger partial charge is 0.417 e. The third-order valence-electron chi connectivity index (χ3n) is 6.68. The summed E-state index contributed by atoms with van der Waals surface area (Å²) in [7, 11) is -0.701. The van der Waals surface area contributed by atoms with Crippen LogP contribution < -0.4 is 10.2 Å². The summed E-state index contributed by atoms with van der Waals surface area (Å²) in [5.74, 6) is -0.739. The van der Waals surface area contributed by atoms with Gasteiger partial charge in [-0.05, 0) is 61.9 Å². The highest BCUT2D eigenvalue weighted by molar-refractivity contribution is 7.90. The second kappa shape index (κ2) is 11.4. The molecule has 1 saturated heterocycles. The minimum atomic E-state index is -4.87. The number of hydrogen-bond acceptors (Lipinski definition) is 6. The fourth-order valence-corrected chi connectivity index (χ4v) is 5.35. The number of nitrogens with one attached hydrogen (secondary N) is 1. The normalized spacial score (nSPS) is 15.2. The number of nitriles is 1. The van der Waals surface area contributed by atoms with E-state index in [4.69, 9.17) is 5.26 Å². The highest BCUT2D eigenvalue weighted by atomic mass is 32.2. The Morgan fingerprint density at radius 2 is 1.74 bits per heavy atom. The maximum absolute atomic E-state index is 13.6. The molecule has 0 bridgehead atoms. The van der Waals surface area contributed by atoms with Gasteiger partial charge in [0, 0.05) is 25.5 Å². The number of rotatable bonds is 8. The zero-order valence-electron chi connectivity index (χ0n) is 23.5. The average molecular weight is 613 g/mol. The molecule has 1 aliphatic heterocycles. The van der Waals surface area contributed by atoms with E-state index < -0.39 is 44.8 Å². The number of para-hydroxylation sites is 1. The second-order valence-corrected chi connectivity index (χ2v) is 12.0. The van der Waals surface area contributed by atoms with Crippen molar-refractivity contribution in [1.29, 1.82) is 5.26 Å². The van der Waals surface area contributed by atoms with E-state index in [9.17, 15) is 31.2 Å². The smallest absolute Gasteiger partial charge is 0.368 e. The van der Waals surface area contributed by atoms with Crippen LogP contribution in [0, 0.1) is 11.3 Å². The molecule has 3 aromatic carbocycles. The van der Waals surface area contributed by atoms with Crippen LogP contribution in [0.25, 0.3) is 0 Å². The van der Waals surface area contributed by atoms with Gasteiger partial charge in [-0.3, -0.25) is 4.79 Å². The molecule has 1 heterocycles. The molecule has 0 radical (unpaired) electrons. The van der Waals surface area contributed by atoms with Crippen molar-refractivity contribution in [2.24, 2.45) is 4.40 Å². The van der Waals surface area contributed by atoms with Crippen LogP contribution in [0.1, 0.15) is 30.5 Å². The molecule has 3 aromatic rings. The van der Waals surface area contributed by atoms with E-state index in [2.05, 4.69) is 9.71 Å². The lowest BCUT2D eigenvalue weighted by molar-refractivity contribution is -0.137. The predicted molar refractivity (Wildman–Crippen MR) is 154 cm³/mol. The minimum Gasteiger partial charge on any atom is -0.368 e. The Hall–Kier alpha value is -4.90. The fourth-order valence-electron chi connectivity index (χ4n) is 4.39. The quantitative estimate of drug-likeness (QED) is 0.207. The van der Waals surface area contributed by atoms with Crippen molar-refractivity contribution in [2.75, 3.05) is 24.3 Å². The molecule has 14 heteroatoms. The van der Waals surface area contributed by atoms with Crippen molar-refractivity contribution < 1.29 is 31.2 Å². The summed E-state index contributed by atoms with van der Waals surface area (Å²) in [6.45, 7) is 2.87. The van der Waals surface area contributed by atoms with Crippen LogP contribution in [-0.2, 0) is 27.5 Å². The van der Waals surface area contributed by atoms with E-state index in [1.54, 1.807) is 50.5 Å². The number of anilines is 3. The van der Waals surface area contributed by atoms with Crippen molar-refractivity contribution in [3.8, 4) is 6.07 Å². The Morgan fingerprint density at radius 1 is 1.05 bits per heavy atom. The Kier molecular flexibility index (Phi) is 8.24. The van der Waals surface area contributed by atoms with Crippen LogP contribution in [0.4, 0.5) is 35.0 Å². The molecule has 0 unspecified atom stereocenters. The van der Waals surface area contributed by atoms with Gasteiger partial charge < -0.3 is 15.1 Å². The number of halogens is 3. The van der Waals surface area contributed by atoms with E-state index in [1.165, 1.54) is 48.2 Å². The lowest BCUT2D eigenvalue weighted by Gasteiger charge is -2.28. The first kappa shape index (κ1) is 31.0. The van der Waals surface area contributed by atoms with E-state index >= 15 is 0 Å². The van der Waals surface area contributed by atoms with Gasteiger partial charge in [-0.15, -0.1) is 4.40 Å². The van der Waals surface area contributed by atoms with Crippen molar-refractivity contribution in [3.63, 3.8) is 0 Å². The number of imide groups is 1. The Balaban J connectivity index is 1.65. The van der Waals surface area contributed by atoms with Gasteiger partial charge >= 0.3 is 12.2 Å². The number of amides is 3. The van der Waals surface area contributed by atoms with Gasteiger partial charge in [-0.1, -0.05) is 24.3 Å². The molecule has 0 saturated carbocycles. The summed E-state index contributed by atoms with van der Waals surface area (Å²) in [5.41, 5.74) is -2.17. The van der Waals surface area contributed by atoms with Crippen LogP contribution in [-0.4, -0.2) is 56.1 Å². The number of urea groups is 1. The molecule has 1 N–H and O–H groups in total. The fraction of sp³-hybridized carbons (Fsp3) is 0.241. The summed E-state index contributed by atoms with van der Waals surface area (Å²) in [4.78, 5) is 30.3. The Labute approximate surface area is 246 Å². The first-order chi connectivity index (χ1) is 20.1. The van der Waals surface area contributed by atoms with Crippen LogP contribution >= 0.6 is 0 Å². The number of benzene rings is 3. The van der Waals surface area contributed by atoms with Crippen LogP contribution in [0.5, 0.6) is 0 Å². The maximum Gasteiger partial charge on any atom is 0.417 e. The van der Waals surface area contributed by atoms with Crippen LogP contribution in [0.2, 0.25) is 0 Å². The predicted octanol–water partition coefficient (Wildman–Crippen LogP) is 5.35. The molecular formula is C29H27F3N6O4S. The third-order valence-corrected chi connectivity index (χ3v) is 7.91. The molecule has 3 amide bonds. The van der Waals surface area contributed by atoms with Crippen LogP contribution in [0.15, 0.2) is 76.0 Å². The van der Waals surface area contributed by atoms with Crippen LogP contribution in [0.3, 0.4) is 0 Å². The molecule has 1 aliphatic rings. The average Bonchev–Trinajstić information content (AvgIpc) is 3.11. The number of carbonyl (C=O) groups excluding carboxylic acids is 2. The molecule has 43 heavy (non-hydrogen) atoms. The summed E-state index contributed by atoms with van der Waals surface area (Å²) < 4.78 is 69.7. The molecule has 0 aromatic heterocycles. The molecule has 10 nitrogen and oxygen atoms in total. The summed E-state index contributed by atoms with van der Waals surface area (Å²) in [6.07, 6.45) is -3.70. The summed E-state index contributed by atoms with van der Waals surface area (Å²) in [6, 6.07) is 16.1. The van der Waals surface area contributed by atoms with Crippen molar-refractivity contribution in [2.45, 2.75) is 37.0 Å². The van der Waals surface area contributed by atoms with Crippen molar-refractivity contribution in [3.05, 3.63) is 83.4 Å². The molecular weight excluding hydrogens is 585 g/mol. The van der Waals surface area contributed by atoms with Gasteiger partial charge in [-0.25, -0.2) is 9.69 Å². The molecule has 0 aliphatic carbocycles. The molecule has 1 fully saturated rings.